The zero-order valence-corrected chi connectivity index (χ0v) is 10.6. The SMILES string of the molecule is CCCn1c(Cl)c(C(=O)O)c2cc(C)ccc21. The lowest BCUT2D eigenvalue weighted by Crippen LogP contribution is -1.99. The monoisotopic (exact) mass is 251 g/mol. The average molecular weight is 252 g/mol. The van der Waals surface area contributed by atoms with E-state index in [2.05, 4.69) is 0 Å². The molecule has 0 unspecified atom stereocenters. The highest BCUT2D eigenvalue weighted by Crippen LogP contribution is 2.31. The maximum atomic E-state index is 11.3. The topological polar surface area (TPSA) is 42.2 Å². The largest absolute Gasteiger partial charge is 0.478 e. The Bertz CT molecular complexity index is 587. The van der Waals surface area contributed by atoms with Gasteiger partial charge in [-0.1, -0.05) is 30.2 Å². The van der Waals surface area contributed by atoms with E-state index in [-0.39, 0.29) is 5.56 Å². The summed E-state index contributed by atoms with van der Waals surface area (Å²) < 4.78 is 1.86. The second kappa shape index (κ2) is 4.41. The zero-order valence-electron chi connectivity index (χ0n) is 9.83. The molecule has 0 spiro atoms. The third kappa shape index (κ3) is 1.91. The molecule has 1 aromatic heterocycles. The van der Waals surface area contributed by atoms with Crippen LogP contribution >= 0.6 is 11.6 Å². The first-order valence-corrected chi connectivity index (χ1v) is 5.95. The summed E-state index contributed by atoms with van der Waals surface area (Å²) in [5.74, 6) is -0.972. The molecule has 3 nitrogen and oxygen atoms in total. The Hall–Kier alpha value is -1.48. The third-order valence-electron chi connectivity index (χ3n) is 2.82. The molecule has 0 aliphatic carbocycles. The van der Waals surface area contributed by atoms with Gasteiger partial charge in [0.05, 0.1) is 5.52 Å². The molecule has 0 fully saturated rings. The third-order valence-corrected chi connectivity index (χ3v) is 3.21. The summed E-state index contributed by atoms with van der Waals surface area (Å²) in [5.41, 5.74) is 2.13. The predicted molar refractivity (Wildman–Crippen MR) is 68.9 cm³/mol. The molecule has 1 N–H and O–H groups in total. The first-order valence-electron chi connectivity index (χ1n) is 5.58. The molecule has 0 saturated heterocycles. The van der Waals surface area contributed by atoms with Gasteiger partial charge in [0.1, 0.15) is 10.7 Å². The summed E-state index contributed by atoms with van der Waals surface area (Å²) in [4.78, 5) is 11.3. The first kappa shape index (κ1) is 12.0. The van der Waals surface area contributed by atoms with Crippen molar-refractivity contribution in [2.45, 2.75) is 26.8 Å². The van der Waals surface area contributed by atoms with Crippen molar-refractivity contribution in [1.29, 1.82) is 0 Å². The number of aromatic nitrogens is 1. The predicted octanol–water partition coefficient (Wildman–Crippen LogP) is 3.71. The van der Waals surface area contributed by atoms with Crippen LogP contribution in [0.15, 0.2) is 18.2 Å². The average Bonchev–Trinajstić information content (AvgIpc) is 2.52. The maximum absolute atomic E-state index is 11.3. The van der Waals surface area contributed by atoms with Crippen molar-refractivity contribution in [3.8, 4) is 0 Å². The smallest absolute Gasteiger partial charge is 0.339 e. The van der Waals surface area contributed by atoms with Crippen molar-refractivity contribution >= 4 is 28.5 Å². The van der Waals surface area contributed by atoms with Gasteiger partial charge in [0, 0.05) is 11.9 Å². The Kier molecular flexibility index (Phi) is 3.11. The molecule has 0 amide bonds. The van der Waals surface area contributed by atoms with E-state index in [0.717, 1.165) is 29.4 Å². The quantitative estimate of drug-likeness (QED) is 0.904. The first-order chi connectivity index (χ1) is 8.06. The van der Waals surface area contributed by atoms with E-state index in [1.807, 2.05) is 36.6 Å². The molecule has 1 aromatic carbocycles. The summed E-state index contributed by atoms with van der Waals surface area (Å²) in [7, 11) is 0. The zero-order chi connectivity index (χ0) is 12.6. The number of aryl methyl sites for hydroxylation is 2. The van der Waals surface area contributed by atoms with E-state index in [1.54, 1.807) is 0 Å². The van der Waals surface area contributed by atoms with Gasteiger partial charge < -0.3 is 9.67 Å². The number of fused-ring (bicyclic) bond motifs is 1. The summed E-state index contributed by atoms with van der Waals surface area (Å²) in [5, 5.41) is 10.3. The van der Waals surface area contributed by atoms with E-state index < -0.39 is 5.97 Å². The van der Waals surface area contributed by atoms with Crippen LogP contribution in [-0.2, 0) is 6.54 Å². The van der Waals surface area contributed by atoms with E-state index in [0.29, 0.717) is 5.15 Å². The van der Waals surface area contributed by atoms with Crippen LogP contribution in [-0.4, -0.2) is 15.6 Å². The minimum absolute atomic E-state index is 0.207. The number of halogens is 1. The van der Waals surface area contributed by atoms with Gasteiger partial charge in [-0.2, -0.15) is 0 Å². The van der Waals surface area contributed by atoms with Crippen LogP contribution in [0, 0.1) is 6.92 Å². The molecular formula is C13H14ClNO2. The molecule has 0 bridgehead atoms. The normalized spacial score (nSPS) is 11.0. The Balaban J connectivity index is 2.83. The maximum Gasteiger partial charge on any atom is 0.339 e. The van der Waals surface area contributed by atoms with Crippen molar-refractivity contribution in [2.24, 2.45) is 0 Å². The van der Waals surface area contributed by atoms with E-state index >= 15 is 0 Å². The standard InChI is InChI=1S/C13H14ClNO2/c1-3-6-15-10-5-4-8(2)7-9(10)11(12(15)14)13(16)17/h4-5,7H,3,6H2,1-2H3,(H,16,17). The molecule has 1 heterocycles. The molecule has 2 rings (SSSR count). The van der Waals surface area contributed by atoms with Gasteiger partial charge in [0.2, 0.25) is 0 Å². The van der Waals surface area contributed by atoms with Crippen LogP contribution in [0.3, 0.4) is 0 Å². The summed E-state index contributed by atoms with van der Waals surface area (Å²) in [6.45, 7) is 4.71. The molecule has 2 aromatic rings. The summed E-state index contributed by atoms with van der Waals surface area (Å²) in [6, 6.07) is 5.77. The van der Waals surface area contributed by atoms with E-state index in [4.69, 9.17) is 11.6 Å². The number of benzene rings is 1. The second-order valence-electron chi connectivity index (χ2n) is 4.14. The van der Waals surface area contributed by atoms with E-state index in [1.165, 1.54) is 0 Å². The van der Waals surface area contributed by atoms with Gasteiger partial charge in [-0.15, -0.1) is 0 Å². The molecule has 0 aliphatic heterocycles. The van der Waals surface area contributed by atoms with Crippen LogP contribution < -0.4 is 0 Å². The fourth-order valence-corrected chi connectivity index (χ4v) is 2.44. The number of nitrogens with zero attached hydrogens (tertiary/aromatic N) is 1. The number of carboxylic acids is 1. The van der Waals surface area contributed by atoms with Gasteiger partial charge in [-0.25, -0.2) is 4.79 Å². The highest BCUT2D eigenvalue weighted by Gasteiger charge is 2.20. The Morgan fingerprint density at radius 2 is 2.18 bits per heavy atom. The molecule has 0 aliphatic rings. The van der Waals surface area contributed by atoms with Crippen molar-refractivity contribution < 1.29 is 9.90 Å². The molecule has 0 radical (unpaired) electrons. The Morgan fingerprint density at radius 3 is 2.76 bits per heavy atom. The van der Waals surface area contributed by atoms with Crippen LogP contribution in [0.1, 0.15) is 29.3 Å². The highest BCUT2D eigenvalue weighted by molar-refractivity contribution is 6.35. The number of carboxylic acid groups (broad SMARTS) is 1. The van der Waals surface area contributed by atoms with Crippen molar-refractivity contribution in [3.63, 3.8) is 0 Å². The minimum Gasteiger partial charge on any atom is -0.478 e. The van der Waals surface area contributed by atoms with Crippen LogP contribution in [0.2, 0.25) is 5.15 Å². The lowest BCUT2D eigenvalue weighted by Gasteiger charge is -2.04. The van der Waals surface area contributed by atoms with Crippen molar-refractivity contribution in [3.05, 3.63) is 34.5 Å². The van der Waals surface area contributed by atoms with Gasteiger partial charge in [-0.3, -0.25) is 0 Å². The minimum atomic E-state index is -0.972. The van der Waals surface area contributed by atoms with Crippen molar-refractivity contribution in [1.82, 2.24) is 4.57 Å². The molecule has 17 heavy (non-hydrogen) atoms. The number of aromatic carboxylic acids is 1. The summed E-state index contributed by atoms with van der Waals surface area (Å²) >= 11 is 6.16. The van der Waals surface area contributed by atoms with Gasteiger partial charge in [0.25, 0.3) is 0 Å². The van der Waals surface area contributed by atoms with Crippen LogP contribution in [0.25, 0.3) is 10.9 Å². The number of carbonyl (C=O) groups is 1. The lowest BCUT2D eigenvalue weighted by molar-refractivity contribution is 0.0699. The number of hydrogen-bond donors (Lipinski definition) is 1. The fraction of sp³-hybridized carbons (Fsp3) is 0.308. The number of hydrogen-bond acceptors (Lipinski definition) is 1. The lowest BCUT2D eigenvalue weighted by atomic mass is 10.1. The molecule has 4 heteroatoms. The molecule has 90 valence electrons. The molecular weight excluding hydrogens is 238 g/mol. The van der Waals surface area contributed by atoms with Gasteiger partial charge >= 0.3 is 5.97 Å². The Morgan fingerprint density at radius 1 is 1.47 bits per heavy atom. The second-order valence-corrected chi connectivity index (χ2v) is 4.50. The van der Waals surface area contributed by atoms with Gasteiger partial charge in [-0.05, 0) is 25.5 Å². The van der Waals surface area contributed by atoms with Crippen LogP contribution in [0.4, 0.5) is 0 Å². The Labute approximate surface area is 105 Å². The van der Waals surface area contributed by atoms with E-state index in [9.17, 15) is 9.90 Å². The number of rotatable bonds is 3. The molecule has 0 atom stereocenters. The van der Waals surface area contributed by atoms with Crippen molar-refractivity contribution in [2.75, 3.05) is 0 Å². The summed E-state index contributed by atoms with van der Waals surface area (Å²) in [6.07, 6.45) is 0.913. The van der Waals surface area contributed by atoms with Gasteiger partial charge in [0.15, 0.2) is 0 Å². The fourth-order valence-electron chi connectivity index (χ4n) is 2.08. The van der Waals surface area contributed by atoms with Crippen LogP contribution in [0.5, 0.6) is 0 Å². The molecule has 0 saturated carbocycles. The highest BCUT2D eigenvalue weighted by atomic mass is 35.5.